The highest BCUT2D eigenvalue weighted by Crippen LogP contribution is 2.32. The van der Waals surface area contributed by atoms with E-state index in [0.717, 1.165) is 10.7 Å². The summed E-state index contributed by atoms with van der Waals surface area (Å²) in [5, 5.41) is 20.3. The molecular weight excluding hydrogens is 260 g/mol. The van der Waals surface area contributed by atoms with E-state index >= 15 is 0 Å². The molecule has 2 atom stereocenters. The van der Waals surface area contributed by atoms with Gasteiger partial charge in [-0.05, 0) is 19.4 Å². The number of aliphatic hydroxyl groups is 1. The predicted octanol–water partition coefficient (Wildman–Crippen LogP) is -0.504. The molecule has 108 valence electrons. The van der Waals surface area contributed by atoms with E-state index in [9.17, 15) is 15.0 Å². The zero-order valence-corrected chi connectivity index (χ0v) is 11.3. The van der Waals surface area contributed by atoms with Crippen LogP contribution < -0.4 is 10.7 Å². The second kappa shape index (κ2) is 4.52. The number of rotatable bonds is 1. The summed E-state index contributed by atoms with van der Waals surface area (Å²) in [6, 6.07) is 1.90. The van der Waals surface area contributed by atoms with Gasteiger partial charge in [0.25, 0.3) is 0 Å². The van der Waals surface area contributed by atoms with Gasteiger partial charge >= 0.3 is 6.09 Å². The number of fused-ring (bicyclic) bond motifs is 1. The Bertz CT molecular complexity index is 640. The molecule has 1 amide bonds. The summed E-state index contributed by atoms with van der Waals surface area (Å²) < 4.78 is 0. The Kier molecular flexibility index (Phi) is 2.93. The first-order valence-corrected chi connectivity index (χ1v) is 6.66. The maximum absolute atomic E-state index is 11.5. The van der Waals surface area contributed by atoms with Crippen LogP contribution in [0.25, 0.3) is 6.20 Å². The van der Waals surface area contributed by atoms with Crippen LogP contribution in [0.15, 0.2) is 17.3 Å². The average molecular weight is 278 g/mol. The van der Waals surface area contributed by atoms with Crippen molar-refractivity contribution in [3.05, 3.63) is 23.0 Å². The molecule has 0 saturated carbocycles. The van der Waals surface area contributed by atoms with Gasteiger partial charge in [0.1, 0.15) is 17.8 Å². The van der Waals surface area contributed by atoms with E-state index in [1.54, 1.807) is 6.20 Å². The van der Waals surface area contributed by atoms with Gasteiger partial charge in [0, 0.05) is 30.6 Å². The first-order valence-electron chi connectivity index (χ1n) is 6.66. The third kappa shape index (κ3) is 1.94. The Morgan fingerprint density at radius 1 is 1.60 bits per heavy atom. The molecule has 0 radical (unpaired) electrons. The van der Waals surface area contributed by atoms with E-state index < -0.39 is 17.9 Å². The summed E-state index contributed by atoms with van der Waals surface area (Å²) in [7, 11) is 0. The number of aromatic nitrogens is 1. The maximum Gasteiger partial charge on any atom is 0.409 e. The fourth-order valence-corrected chi connectivity index (χ4v) is 3.01. The number of likely N-dealkylation sites (tertiary alicyclic amines) is 1. The third-order valence-corrected chi connectivity index (χ3v) is 4.17. The van der Waals surface area contributed by atoms with E-state index in [4.69, 9.17) is 0 Å². The molecule has 0 bridgehead atoms. The summed E-state index contributed by atoms with van der Waals surface area (Å²) in [5.41, 5.74) is 0.0326. The highest BCUT2D eigenvalue weighted by Gasteiger charge is 2.44. The van der Waals surface area contributed by atoms with Crippen LogP contribution in [0.4, 0.5) is 4.79 Å². The van der Waals surface area contributed by atoms with Crippen molar-refractivity contribution in [1.29, 1.82) is 0 Å². The topological polar surface area (TPSA) is 92.2 Å². The van der Waals surface area contributed by atoms with Gasteiger partial charge in [-0.25, -0.2) is 9.79 Å². The molecule has 0 aliphatic carbocycles. The Morgan fingerprint density at radius 2 is 2.40 bits per heavy atom. The van der Waals surface area contributed by atoms with Gasteiger partial charge < -0.3 is 20.1 Å². The van der Waals surface area contributed by atoms with E-state index in [0.29, 0.717) is 26.1 Å². The quantitative estimate of drug-likeness (QED) is 0.645. The molecule has 3 heterocycles. The molecule has 3 rings (SSSR count). The molecule has 1 saturated heterocycles. The SMILES string of the molecule is CC1(N2C=c3cc[nH]c3=NC2)CC(O)CCN1C(=O)O. The van der Waals surface area contributed by atoms with Crippen LogP contribution in [0.3, 0.4) is 0 Å². The summed E-state index contributed by atoms with van der Waals surface area (Å²) in [4.78, 5) is 22.2. The number of amides is 1. The minimum atomic E-state index is -0.965. The zero-order valence-electron chi connectivity index (χ0n) is 11.3. The Balaban J connectivity index is 1.99. The number of H-pyrrole nitrogens is 1. The van der Waals surface area contributed by atoms with Crippen molar-refractivity contribution in [1.82, 2.24) is 14.8 Å². The number of carbonyl (C=O) groups is 1. The maximum atomic E-state index is 11.5. The fourth-order valence-electron chi connectivity index (χ4n) is 3.01. The molecule has 0 aromatic carbocycles. The molecule has 2 aliphatic rings. The molecule has 0 spiro atoms. The predicted molar refractivity (Wildman–Crippen MR) is 71.1 cm³/mol. The molecule has 2 aliphatic heterocycles. The van der Waals surface area contributed by atoms with E-state index in [1.165, 1.54) is 4.90 Å². The first-order chi connectivity index (χ1) is 9.50. The van der Waals surface area contributed by atoms with Gasteiger partial charge in [-0.3, -0.25) is 4.90 Å². The molecule has 1 fully saturated rings. The lowest BCUT2D eigenvalue weighted by Gasteiger charge is -2.50. The Morgan fingerprint density at radius 3 is 3.15 bits per heavy atom. The fraction of sp³-hybridized carbons (Fsp3) is 0.538. The van der Waals surface area contributed by atoms with Crippen molar-refractivity contribution in [3.8, 4) is 0 Å². The normalized spacial score (nSPS) is 29.4. The standard InChI is InChI=1S/C13H18N4O3/c1-13(6-10(18)3-5-17(13)12(19)20)16-7-9-2-4-14-11(9)15-8-16/h2,4,7,10,18H,3,5-6,8H2,1H3,(H,14,15)(H,19,20). The summed E-state index contributed by atoms with van der Waals surface area (Å²) in [5.74, 6) is 0. The number of aromatic amines is 1. The lowest BCUT2D eigenvalue weighted by Crippen LogP contribution is -2.64. The zero-order chi connectivity index (χ0) is 14.3. The van der Waals surface area contributed by atoms with Crippen LogP contribution >= 0.6 is 0 Å². The van der Waals surface area contributed by atoms with Crippen LogP contribution in [0.2, 0.25) is 0 Å². The van der Waals surface area contributed by atoms with Crippen LogP contribution in [-0.4, -0.2) is 56.1 Å². The molecule has 20 heavy (non-hydrogen) atoms. The number of hydrogen-bond donors (Lipinski definition) is 3. The number of hydrogen-bond acceptors (Lipinski definition) is 4. The van der Waals surface area contributed by atoms with Gasteiger partial charge in [0.15, 0.2) is 0 Å². The summed E-state index contributed by atoms with van der Waals surface area (Å²) >= 11 is 0. The second-order valence-electron chi connectivity index (χ2n) is 5.48. The second-order valence-corrected chi connectivity index (χ2v) is 5.48. The van der Waals surface area contributed by atoms with E-state index in [2.05, 4.69) is 9.98 Å². The van der Waals surface area contributed by atoms with Crippen LogP contribution in [0, 0.1) is 0 Å². The van der Waals surface area contributed by atoms with Crippen molar-refractivity contribution in [2.45, 2.75) is 31.5 Å². The molecular formula is C13H18N4O3. The number of aliphatic hydroxyl groups excluding tert-OH is 1. The number of piperidine rings is 1. The highest BCUT2D eigenvalue weighted by molar-refractivity contribution is 5.66. The molecule has 3 N–H and O–H groups in total. The van der Waals surface area contributed by atoms with Crippen molar-refractivity contribution in [2.75, 3.05) is 13.2 Å². The highest BCUT2D eigenvalue weighted by atomic mass is 16.4. The van der Waals surface area contributed by atoms with Crippen molar-refractivity contribution in [3.63, 3.8) is 0 Å². The lowest BCUT2D eigenvalue weighted by atomic mass is 9.93. The van der Waals surface area contributed by atoms with Crippen molar-refractivity contribution >= 4 is 12.3 Å². The molecule has 2 unspecified atom stereocenters. The smallest absolute Gasteiger partial charge is 0.409 e. The van der Waals surface area contributed by atoms with Crippen LogP contribution in [0.1, 0.15) is 19.8 Å². The van der Waals surface area contributed by atoms with Crippen molar-refractivity contribution in [2.24, 2.45) is 4.99 Å². The Hall–Kier alpha value is -2.02. The first kappa shape index (κ1) is 13.0. The lowest BCUT2D eigenvalue weighted by molar-refractivity contribution is -0.0654. The minimum absolute atomic E-state index is 0.331. The van der Waals surface area contributed by atoms with Gasteiger partial charge in [0.05, 0.1) is 6.10 Å². The minimum Gasteiger partial charge on any atom is -0.465 e. The van der Waals surface area contributed by atoms with Gasteiger partial charge in [0.2, 0.25) is 0 Å². The average Bonchev–Trinajstić information content (AvgIpc) is 2.85. The van der Waals surface area contributed by atoms with Gasteiger partial charge in [-0.15, -0.1) is 0 Å². The van der Waals surface area contributed by atoms with Gasteiger partial charge in [-0.2, -0.15) is 0 Å². The molecule has 1 aromatic rings. The molecule has 1 aromatic heterocycles. The van der Waals surface area contributed by atoms with Crippen LogP contribution in [0.5, 0.6) is 0 Å². The van der Waals surface area contributed by atoms with Gasteiger partial charge in [-0.1, -0.05) is 0 Å². The van der Waals surface area contributed by atoms with Crippen LogP contribution in [-0.2, 0) is 0 Å². The number of carboxylic acid groups (broad SMARTS) is 1. The summed E-state index contributed by atoms with van der Waals surface area (Å²) in [6.45, 7) is 2.55. The largest absolute Gasteiger partial charge is 0.465 e. The van der Waals surface area contributed by atoms with Crippen molar-refractivity contribution < 1.29 is 15.0 Å². The molecule has 7 heteroatoms. The monoisotopic (exact) mass is 278 g/mol. The van der Waals surface area contributed by atoms with E-state index in [1.807, 2.05) is 24.1 Å². The Labute approximate surface area is 115 Å². The third-order valence-electron chi connectivity index (χ3n) is 4.17. The summed E-state index contributed by atoms with van der Waals surface area (Å²) in [6.07, 6.45) is 3.12. The number of nitrogens with zero attached hydrogens (tertiary/aromatic N) is 3. The van der Waals surface area contributed by atoms with E-state index in [-0.39, 0.29) is 0 Å². The number of nitrogens with one attached hydrogen (secondary N) is 1. The molecule has 7 nitrogen and oxygen atoms in total.